The zero-order chi connectivity index (χ0) is 92.3. The van der Waals surface area contributed by atoms with Crippen molar-refractivity contribution < 1.29 is 78.6 Å². The predicted molar refractivity (Wildman–Crippen MR) is 486 cm³/mol. The second-order valence-corrected chi connectivity index (χ2v) is 31.3. The Hall–Kier alpha value is -14.1. The maximum atomic E-state index is 13.3. The zero-order valence-electron chi connectivity index (χ0n) is 70.8. The average molecular weight is 1970 g/mol. The van der Waals surface area contributed by atoms with E-state index >= 15 is 0 Å². The monoisotopic (exact) mass is 1970 g/mol. The minimum Gasteiger partial charge on any atom is -0.497 e. The van der Waals surface area contributed by atoms with Gasteiger partial charge in [-0.15, -0.1) is 10.2 Å². The van der Waals surface area contributed by atoms with E-state index in [-0.39, 0.29) is 35.7 Å². The van der Waals surface area contributed by atoms with Crippen LogP contribution in [0.3, 0.4) is 0 Å². The Labute approximate surface area is 764 Å². The van der Waals surface area contributed by atoms with Crippen LogP contribution in [0.25, 0.3) is 55.4 Å². The van der Waals surface area contributed by atoms with Gasteiger partial charge >= 0.3 is 12.4 Å². The molecule has 0 atom stereocenters. The Morgan fingerprint density at radius 2 is 0.838 bits per heavy atom. The number of anilines is 2. The molecule has 0 fully saturated rings. The van der Waals surface area contributed by atoms with E-state index in [1.807, 2.05) is 141 Å². The number of nitrogens with one attached hydrogen (secondary N) is 4. The highest BCUT2D eigenvalue weighted by atomic mass is 79.9. The number of aromatic nitrogens is 13. The summed E-state index contributed by atoms with van der Waals surface area (Å²) in [7, 11) is 7.11. The Morgan fingerprint density at radius 3 is 1.31 bits per heavy atom. The molecule has 15 aromatic rings. The lowest BCUT2D eigenvalue weighted by Gasteiger charge is -2.13. The van der Waals surface area contributed by atoms with Crippen molar-refractivity contribution in [3.8, 4) is 63.0 Å². The van der Waals surface area contributed by atoms with Crippen LogP contribution in [0, 0.1) is 0 Å². The topological polar surface area (TPSA) is 337 Å². The van der Waals surface area contributed by atoms with Crippen LogP contribution in [-0.2, 0) is 72.2 Å². The molecule has 38 heteroatoms. The highest BCUT2D eigenvalue weighted by molar-refractivity contribution is 9.11. The number of hydrogen-bond donors (Lipinski definition) is 4. The molecule has 17 rings (SSSR count). The third kappa shape index (κ3) is 23.6. The summed E-state index contributed by atoms with van der Waals surface area (Å²) in [4.78, 5) is 81.5. The Morgan fingerprint density at radius 1 is 0.423 bits per heavy atom. The molecule has 29 nitrogen and oxygen atoms in total. The lowest BCUT2D eigenvalue weighted by molar-refractivity contribution is -0.139. The van der Waals surface area contributed by atoms with Crippen LogP contribution in [0.4, 0.5) is 37.7 Å². The summed E-state index contributed by atoms with van der Waals surface area (Å²) in [5.41, 5.74) is 11.0. The van der Waals surface area contributed by atoms with Gasteiger partial charge in [0.05, 0.1) is 163 Å². The van der Waals surface area contributed by atoms with Gasteiger partial charge in [-0.25, -0.2) is 39.3 Å². The third-order valence-corrected chi connectivity index (χ3v) is 21.0. The number of carbonyl (C=O) groups excluding carboxylic acids is 3. The van der Waals surface area contributed by atoms with Crippen molar-refractivity contribution in [1.29, 1.82) is 0 Å². The SMILES string of the molecule is CCOC1=NCc2ncc(-c3ccc(CC(=O)Nc4cnc(OC)c(C(F)(F)F)c4)cc3)cc21.CCOc1nn(Cc2ccc(OC)cc2)c2ncc(-c3ccc(CC(=O)Nc4cnc(OC)c(C(F)(F)F)c4)cc3)cc12.CCOc1nn(Cc2ccc(OC)cc2)c2ncc(Br)cc12.COc1ccc(Cn2[nH]c(=O)c3cc(Br)cnc32)cc1.O=C1NCc2ncc(Br)cc21. The number of nitrogens with zero attached hydrogens (tertiary/aromatic N) is 13. The van der Waals surface area contributed by atoms with Crippen molar-refractivity contribution in [2.45, 2.75) is 78.7 Å². The molecule has 0 spiro atoms. The van der Waals surface area contributed by atoms with Crippen LogP contribution in [0.15, 0.2) is 230 Å². The van der Waals surface area contributed by atoms with Crippen LogP contribution >= 0.6 is 47.8 Å². The Kier molecular flexibility index (Phi) is 30.7. The van der Waals surface area contributed by atoms with E-state index in [2.05, 4.69) is 128 Å². The molecule has 10 aromatic heterocycles. The molecular weight excluding hydrogens is 1890 g/mol. The molecule has 3 amide bonds. The summed E-state index contributed by atoms with van der Waals surface area (Å²) >= 11 is 10.0. The average Bonchev–Trinajstić information content (AvgIpc) is 1.64. The first-order valence-corrected chi connectivity index (χ1v) is 42.4. The fraction of sp³-hybridized carbons (Fsp3) is 0.217. The van der Waals surface area contributed by atoms with Crippen LogP contribution in [0.2, 0.25) is 0 Å². The molecule has 0 aliphatic carbocycles. The van der Waals surface area contributed by atoms with E-state index < -0.39 is 47.1 Å². The highest BCUT2D eigenvalue weighted by Gasteiger charge is 2.37. The quantitative estimate of drug-likeness (QED) is 0.0408. The van der Waals surface area contributed by atoms with E-state index in [0.29, 0.717) is 104 Å². The van der Waals surface area contributed by atoms with Gasteiger partial charge in [0.2, 0.25) is 41.2 Å². The van der Waals surface area contributed by atoms with Gasteiger partial charge in [-0.3, -0.25) is 38.9 Å². The number of halogens is 9. The third-order valence-electron chi connectivity index (χ3n) is 19.7. The number of fused-ring (bicyclic) bond motifs is 5. The second kappa shape index (κ2) is 42.6. The van der Waals surface area contributed by atoms with E-state index in [4.69, 9.17) is 28.4 Å². The van der Waals surface area contributed by atoms with Crippen LogP contribution in [0.5, 0.6) is 40.8 Å². The first-order valence-electron chi connectivity index (χ1n) is 40.0. The summed E-state index contributed by atoms with van der Waals surface area (Å²) in [6.45, 7) is 9.99. The Bertz CT molecular complexity index is 6640. The van der Waals surface area contributed by atoms with Crippen molar-refractivity contribution in [2.24, 2.45) is 4.99 Å². The molecule has 0 radical (unpaired) electrons. The number of carbonyl (C=O) groups is 3. The lowest BCUT2D eigenvalue weighted by Crippen LogP contribution is -2.16. The first kappa shape index (κ1) is 93.5. The molecular formula is C92H82Br3F6N17O12. The van der Waals surface area contributed by atoms with Gasteiger partial charge in [-0.2, -0.15) is 26.3 Å². The van der Waals surface area contributed by atoms with Crippen molar-refractivity contribution in [1.82, 2.24) is 69.5 Å². The van der Waals surface area contributed by atoms with Crippen molar-refractivity contribution in [3.05, 3.63) is 292 Å². The molecule has 670 valence electrons. The van der Waals surface area contributed by atoms with Gasteiger partial charge in [0.1, 0.15) is 28.4 Å². The highest BCUT2D eigenvalue weighted by Crippen LogP contribution is 2.39. The lowest BCUT2D eigenvalue weighted by atomic mass is 10.0. The molecule has 5 aromatic carbocycles. The van der Waals surface area contributed by atoms with Gasteiger partial charge in [-0.05, 0) is 186 Å². The largest absolute Gasteiger partial charge is 0.497 e. The zero-order valence-corrected chi connectivity index (χ0v) is 75.6. The number of ether oxygens (including phenoxy) is 8. The minimum absolute atomic E-state index is 0.0166. The summed E-state index contributed by atoms with van der Waals surface area (Å²) in [5.74, 6) is 1.99. The number of rotatable bonds is 24. The van der Waals surface area contributed by atoms with E-state index in [1.165, 1.54) is 0 Å². The molecule has 130 heavy (non-hydrogen) atoms. The summed E-state index contributed by atoms with van der Waals surface area (Å²) in [6, 6.07) is 48.9. The number of methoxy groups -OCH3 is 5. The molecule has 0 bridgehead atoms. The summed E-state index contributed by atoms with van der Waals surface area (Å²) < 4.78 is 129. The van der Waals surface area contributed by atoms with Crippen molar-refractivity contribution in [2.75, 3.05) is 66.0 Å². The maximum Gasteiger partial charge on any atom is 0.421 e. The number of H-pyrrole nitrogens is 1. The maximum absolute atomic E-state index is 13.3. The number of benzene rings is 5. The first-order chi connectivity index (χ1) is 62.6. The van der Waals surface area contributed by atoms with Gasteiger partial charge in [0, 0.05) is 55.5 Å². The fourth-order valence-corrected chi connectivity index (χ4v) is 14.5. The molecule has 0 saturated heterocycles. The molecule has 0 saturated carbocycles. The molecule has 2 aliphatic heterocycles. The number of aliphatic imine (C=N–C) groups is 1. The van der Waals surface area contributed by atoms with E-state index in [1.54, 1.807) is 98.1 Å². The van der Waals surface area contributed by atoms with Gasteiger partial charge in [0.15, 0.2) is 16.9 Å². The van der Waals surface area contributed by atoms with Gasteiger partial charge in [-0.1, -0.05) is 84.9 Å². The van der Waals surface area contributed by atoms with Gasteiger partial charge < -0.3 is 53.8 Å². The molecule has 0 unspecified atom stereocenters. The molecule has 2 aliphatic rings. The summed E-state index contributed by atoms with van der Waals surface area (Å²) in [5, 5.41) is 21.8. The summed E-state index contributed by atoms with van der Waals surface area (Å²) in [6.07, 6.45) is 1.50. The molecule has 4 N–H and O–H groups in total. The molecule has 12 heterocycles. The Balaban J connectivity index is 0.000000147. The standard InChI is InChI=1S/C31H28F3N5O4.C24H21F3N4O3.C16H16BrN3O2.C14H12BrN3O2.C7H5BrN2O/c1-4-43-29-25-14-22(16-35-28(25)39(38-29)18-20-7-11-24(41-2)12-8-20)21-9-5-19(6-10-21)13-27(40)37-23-15-26(31(32,33)34)30(42-3)36-17-23;1-3-34-22-18-9-16(11-28-20(18)13-30-22)15-6-4-14(5-7-15)8-21(32)31-17-10-19(24(25,26)27)23(33-2)29-12-17;1-3-22-16-14-8-12(17)9-18-15(14)20(19-16)10-11-4-6-13(21-2)7-5-11;1-20-11-4-2-9(3-5-11)8-18-13-12(14(19)17-18)6-10(15)7-16-13;8-4-1-5-6(9-2-4)3-10-7(5)11/h5-12,14-17H,4,13,18H2,1-3H3,(H,37,40);4-7,9-12H,3,8,13H2,1-2H3,(H,31,32);4-9H,3,10H2,1-2H3;2-7H,8H2,1H3,(H,17,19);1-2H,3H2,(H,10,11). The van der Waals surface area contributed by atoms with Crippen molar-refractivity contribution >= 4 is 116 Å². The number of hydrogen-bond acceptors (Lipinski definition) is 22. The number of aromatic amines is 1. The fourth-order valence-electron chi connectivity index (χ4n) is 13.5. The smallest absolute Gasteiger partial charge is 0.421 e. The van der Waals surface area contributed by atoms with Gasteiger partial charge in [0.25, 0.3) is 11.5 Å². The van der Waals surface area contributed by atoms with Crippen molar-refractivity contribution in [3.63, 3.8) is 0 Å². The van der Waals surface area contributed by atoms with E-state index in [0.717, 1.165) is 142 Å². The van der Waals surface area contributed by atoms with Crippen LogP contribution in [-0.4, -0.2) is 143 Å². The normalized spacial score (nSPS) is 11.8. The van der Waals surface area contributed by atoms with Crippen LogP contribution in [0.1, 0.15) is 87.0 Å². The van der Waals surface area contributed by atoms with Crippen LogP contribution < -0.4 is 54.7 Å². The number of alkyl halides is 6. The number of pyridine rings is 7. The minimum atomic E-state index is -4.68. The number of amides is 3. The van der Waals surface area contributed by atoms with E-state index in [9.17, 15) is 45.5 Å². The predicted octanol–water partition coefficient (Wildman–Crippen LogP) is 18.1. The second-order valence-electron chi connectivity index (χ2n) is 28.5.